The first-order valence-corrected chi connectivity index (χ1v) is 3.99. The molecule has 2 atom stereocenters. The Bertz CT molecular complexity index is 185. The van der Waals surface area contributed by atoms with Crippen LogP contribution in [0.3, 0.4) is 0 Å². The van der Waals surface area contributed by atoms with Gasteiger partial charge in [-0.1, -0.05) is 0 Å². The molecule has 0 aliphatic carbocycles. The number of carbonyl (C=O) groups is 1. The normalized spacial score (nSPS) is 34.8. The van der Waals surface area contributed by atoms with Gasteiger partial charge in [-0.15, -0.1) is 0 Å². The average Bonchev–Trinajstić information content (AvgIpc) is 2.32. The third-order valence-electron chi connectivity index (χ3n) is 2.42. The second kappa shape index (κ2) is 3.28. The molecule has 2 unspecified atom stereocenters. The van der Waals surface area contributed by atoms with Crippen molar-refractivity contribution in [3.63, 3.8) is 0 Å². The predicted molar refractivity (Wildman–Crippen MR) is 44.3 cm³/mol. The van der Waals surface area contributed by atoms with Crippen LogP contribution in [-0.4, -0.2) is 24.3 Å². The molecule has 5 heteroatoms. The summed E-state index contributed by atoms with van der Waals surface area (Å²) in [5.41, 5.74) is 1.74. The van der Waals surface area contributed by atoms with Crippen LogP contribution in [0, 0.1) is 0 Å². The van der Waals surface area contributed by atoms with Crippen molar-refractivity contribution in [2.75, 3.05) is 6.61 Å². The molecule has 5 nitrogen and oxygen atoms in total. The SMILES string of the molecule is CC1OCCC1(C)NC(=O)NN. The molecule has 1 heterocycles. The van der Waals surface area contributed by atoms with Gasteiger partial charge in [-0.25, -0.2) is 10.6 Å². The lowest BCUT2D eigenvalue weighted by molar-refractivity contribution is 0.0912. The Labute approximate surface area is 71.6 Å². The molecule has 0 spiro atoms. The van der Waals surface area contributed by atoms with E-state index >= 15 is 0 Å². The van der Waals surface area contributed by atoms with Gasteiger partial charge in [-0.2, -0.15) is 0 Å². The molecule has 2 amide bonds. The van der Waals surface area contributed by atoms with Gasteiger partial charge in [0.25, 0.3) is 0 Å². The molecule has 0 aromatic carbocycles. The minimum Gasteiger partial charge on any atom is -0.376 e. The number of ether oxygens (including phenoxy) is 1. The summed E-state index contributed by atoms with van der Waals surface area (Å²) >= 11 is 0. The highest BCUT2D eigenvalue weighted by Gasteiger charge is 2.38. The van der Waals surface area contributed by atoms with Crippen molar-refractivity contribution in [1.29, 1.82) is 0 Å². The highest BCUT2D eigenvalue weighted by Crippen LogP contribution is 2.24. The maximum absolute atomic E-state index is 10.9. The molecule has 0 bridgehead atoms. The Kier molecular flexibility index (Phi) is 2.54. The van der Waals surface area contributed by atoms with Crippen LogP contribution in [0.2, 0.25) is 0 Å². The summed E-state index contributed by atoms with van der Waals surface area (Å²) in [6.45, 7) is 4.56. The van der Waals surface area contributed by atoms with E-state index in [0.29, 0.717) is 6.61 Å². The minimum atomic E-state index is -0.366. The van der Waals surface area contributed by atoms with Gasteiger partial charge in [0, 0.05) is 6.61 Å². The number of hydrazine groups is 1. The molecule has 1 aliphatic rings. The smallest absolute Gasteiger partial charge is 0.329 e. The monoisotopic (exact) mass is 173 g/mol. The second-order valence-electron chi connectivity index (χ2n) is 3.28. The molecule has 0 radical (unpaired) electrons. The molecule has 0 aromatic heterocycles. The first kappa shape index (κ1) is 9.28. The van der Waals surface area contributed by atoms with E-state index in [0.717, 1.165) is 6.42 Å². The van der Waals surface area contributed by atoms with Crippen molar-refractivity contribution in [1.82, 2.24) is 10.7 Å². The standard InChI is InChI=1S/C7H15N3O2/c1-5-7(2,3-4-12-5)9-6(11)10-8/h5H,3-4,8H2,1-2H3,(H2,9,10,11). The summed E-state index contributed by atoms with van der Waals surface area (Å²) < 4.78 is 5.33. The van der Waals surface area contributed by atoms with Crippen LogP contribution >= 0.6 is 0 Å². The molecule has 1 rings (SSSR count). The van der Waals surface area contributed by atoms with Crippen molar-refractivity contribution < 1.29 is 9.53 Å². The molecule has 0 saturated carbocycles. The highest BCUT2D eigenvalue weighted by atomic mass is 16.5. The van der Waals surface area contributed by atoms with E-state index in [9.17, 15) is 4.79 Å². The van der Waals surface area contributed by atoms with E-state index in [4.69, 9.17) is 10.6 Å². The van der Waals surface area contributed by atoms with Crippen molar-refractivity contribution in [3.8, 4) is 0 Å². The van der Waals surface area contributed by atoms with Crippen LogP contribution in [0.1, 0.15) is 20.3 Å². The molecule has 1 saturated heterocycles. The molecule has 70 valence electrons. The maximum atomic E-state index is 10.9. The molecule has 1 fully saturated rings. The summed E-state index contributed by atoms with van der Waals surface area (Å²) in [6.07, 6.45) is 0.858. The van der Waals surface area contributed by atoms with Gasteiger partial charge in [0.15, 0.2) is 0 Å². The minimum absolute atomic E-state index is 0.0369. The number of hydrogen-bond acceptors (Lipinski definition) is 3. The number of urea groups is 1. The predicted octanol–water partition coefficient (Wildman–Crippen LogP) is -0.273. The summed E-state index contributed by atoms with van der Waals surface area (Å²) in [4.78, 5) is 10.9. The van der Waals surface area contributed by atoms with Gasteiger partial charge in [-0.3, -0.25) is 5.43 Å². The summed E-state index contributed by atoms with van der Waals surface area (Å²) in [7, 11) is 0. The van der Waals surface area contributed by atoms with Crippen LogP contribution in [0.4, 0.5) is 4.79 Å². The molecule has 1 aliphatic heterocycles. The van der Waals surface area contributed by atoms with Gasteiger partial charge in [0.2, 0.25) is 0 Å². The number of hydrogen-bond donors (Lipinski definition) is 3. The van der Waals surface area contributed by atoms with Gasteiger partial charge < -0.3 is 10.1 Å². The first-order valence-electron chi connectivity index (χ1n) is 3.99. The van der Waals surface area contributed by atoms with E-state index < -0.39 is 0 Å². The largest absolute Gasteiger partial charge is 0.376 e. The third kappa shape index (κ3) is 1.67. The molecular formula is C7H15N3O2. The molecule has 12 heavy (non-hydrogen) atoms. The molecule has 4 N–H and O–H groups in total. The fourth-order valence-corrected chi connectivity index (χ4v) is 1.29. The van der Waals surface area contributed by atoms with E-state index in [2.05, 4.69) is 5.32 Å². The Balaban J connectivity index is 2.53. The van der Waals surface area contributed by atoms with Crippen molar-refractivity contribution in [2.24, 2.45) is 5.84 Å². The van der Waals surface area contributed by atoms with E-state index in [-0.39, 0.29) is 17.7 Å². The molecular weight excluding hydrogens is 158 g/mol. The van der Waals surface area contributed by atoms with Gasteiger partial charge in [-0.05, 0) is 20.3 Å². The van der Waals surface area contributed by atoms with Gasteiger partial charge in [0.05, 0.1) is 11.6 Å². The fraction of sp³-hybridized carbons (Fsp3) is 0.857. The summed E-state index contributed by atoms with van der Waals surface area (Å²) in [5, 5.41) is 2.75. The zero-order valence-electron chi connectivity index (χ0n) is 7.39. The van der Waals surface area contributed by atoms with Crippen molar-refractivity contribution >= 4 is 6.03 Å². The highest BCUT2D eigenvalue weighted by molar-refractivity contribution is 5.74. The van der Waals surface area contributed by atoms with E-state index in [1.807, 2.05) is 19.3 Å². The average molecular weight is 173 g/mol. The van der Waals surface area contributed by atoms with Crippen LogP contribution < -0.4 is 16.6 Å². The first-order chi connectivity index (χ1) is 5.58. The Hall–Kier alpha value is -0.810. The van der Waals surface area contributed by atoms with E-state index in [1.54, 1.807) is 0 Å². The van der Waals surface area contributed by atoms with Gasteiger partial charge in [0.1, 0.15) is 0 Å². The second-order valence-corrected chi connectivity index (χ2v) is 3.28. The number of rotatable bonds is 1. The molecule has 0 aromatic rings. The van der Waals surface area contributed by atoms with Gasteiger partial charge >= 0.3 is 6.03 Å². The summed E-state index contributed by atoms with van der Waals surface area (Å²) in [5.74, 6) is 4.95. The Morgan fingerprint density at radius 2 is 2.42 bits per heavy atom. The quantitative estimate of drug-likeness (QED) is 0.290. The van der Waals surface area contributed by atoms with Crippen LogP contribution in [0.5, 0.6) is 0 Å². The number of nitrogens with one attached hydrogen (secondary N) is 2. The zero-order chi connectivity index (χ0) is 9.19. The topological polar surface area (TPSA) is 76.4 Å². The lowest BCUT2D eigenvalue weighted by atomic mass is 9.95. The maximum Gasteiger partial charge on any atom is 0.329 e. The van der Waals surface area contributed by atoms with Crippen LogP contribution in [0.25, 0.3) is 0 Å². The number of nitrogens with two attached hydrogens (primary N) is 1. The van der Waals surface area contributed by atoms with Crippen molar-refractivity contribution in [3.05, 3.63) is 0 Å². The number of carbonyl (C=O) groups excluding carboxylic acids is 1. The van der Waals surface area contributed by atoms with Crippen LogP contribution in [-0.2, 0) is 4.74 Å². The number of amides is 2. The third-order valence-corrected chi connectivity index (χ3v) is 2.42. The Morgan fingerprint density at radius 1 is 1.75 bits per heavy atom. The van der Waals surface area contributed by atoms with Crippen LogP contribution in [0.15, 0.2) is 0 Å². The Morgan fingerprint density at radius 3 is 2.83 bits per heavy atom. The zero-order valence-corrected chi connectivity index (χ0v) is 7.39. The summed E-state index contributed by atoms with van der Waals surface area (Å²) in [6, 6.07) is -0.366. The lowest BCUT2D eigenvalue weighted by Crippen LogP contribution is -2.55. The lowest BCUT2D eigenvalue weighted by Gasteiger charge is -2.28. The van der Waals surface area contributed by atoms with E-state index in [1.165, 1.54) is 0 Å². The van der Waals surface area contributed by atoms with Crippen molar-refractivity contribution in [2.45, 2.75) is 31.9 Å². The fourth-order valence-electron chi connectivity index (χ4n) is 1.29.